The summed E-state index contributed by atoms with van der Waals surface area (Å²) >= 11 is 0. The van der Waals surface area contributed by atoms with Crippen LogP contribution in [0.5, 0.6) is 0 Å². The van der Waals surface area contributed by atoms with E-state index in [1.807, 2.05) is 0 Å². The monoisotopic (exact) mass is 282 g/mol. The third-order valence-electron chi connectivity index (χ3n) is 2.67. The van der Waals surface area contributed by atoms with Gasteiger partial charge in [-0.15, -0.1) is 0 Å². The van der Waals surface area contributed by atoms with Gasteiger partial charge in [-0.2, -0.15) is 0 Å². The lowest BCUT2D eigenvalue weighted by atomic mass is 10.1. The molecule has 0 unspecified atom stereocenters. The van der Waals surface area contributed by atoms with E-state index in [0.717, 1.165) is 6.42 Å². The number of carbonyl (C=O) groups is 2. The van der Waals surface area contributed by atoms with Gasteiger partial charge < -0.3 is 19.6 Å². The largest absolute Gasteiger partial charge is 0.363 e. The van der Waals surface area contributed by atoms with Crippen molar-refractivity contribution in [3.8, 4) is 0 Å². The maximum Gasteiger partial charge on any atom is 0.319 e. The minimum Gasteiger partial charge on any atom is -0.363 e. The van der Waals surface area contributed by atoms with Crippen molar-refractivity contribution in [1.82, 2.24) is 15.0 Å². The van der Waals surface area contributed by atoms with Crippen molar-refractivity contribution >= 4 is 17.8 Å². The zero-order chi connectivity index (χ0) is 15.1. The highest BCUT2D eigenvalue weighted by Crippen LogP contribution is 2.06. The summed E-state index contributed by atoms with van der Waals surface area (Å²) in [5.41, 5.74) is 0. The maximum absolute atomic E-state index is 12.0. The van der Waals surface area contributed by atoms with E-state index >= 15 is 0 Å². The average molecular weight is 282 g/mol. The van der Waals surface area contributed by atoms with Gasteiger partial charge in [-0.3, -0.25) is 4.79 Å². The summed E-state index contributed by atoms with van der Waals surface area (Å²) < 4.78 is 4.63. The normalized spacial score (nSPS) is 10.4. The Morgan fingerprint density at radius 3 is 2.60 bits per heavy atom. The molecule has 0 aromatic carbocycles. The fraction of sp³-hybridized carbons (Fsp3) is 0.615. The maximum atomic E-state index is 12.0. The van der Waals surface area contributed by atoms with Crippen molar-refractivity contribution in [2.24, 2.45) is 5.92 Å². The Morgan fingerprint density at radius 1 is 1.40 bits per heavy atom. The van der Waals surface area contributed by atoms with Crippen LogP contribution in [-0.2, 0) is 4.79 Å². The molecule has 0 bridgehead atoms. The number of anilines is 1. The zero-order valence-electron chi connectivity index (χ0n) is 12.4. The molecule has 7 heteroatoms. The molecule has 0 aliphatic carbocycles. The van der Waals surface area contributed by atoms with E-state index in [0.29, 0.717) is 18.3 Å². The second-order valence-corrected chi connectivity index (χ2v) is 5.21. The first-order valence-corrected chi connectivity index (χ1v) is 6.56. The van der Waals surface area contributed by atoms with Gasteiger partial charge in [-0.1, -0.05) is 19.0 Å². The van der Waals surface area contributed by atoms with Crippen LogP contribution in [0.25, 0.3) is 0 Å². The summed E-state index contributed by atoms with van der Waals surface area (Å²) in [4.78, 5) is 26.9. The molecule has 0 saturated heterocycles. The Bertz CT molecular complexity index is 429. The molecular formula is C13H22N4O3. The topological polar surface area (TPSA) is 78.7 Å². The molecule has 0 spiro atoms. The highest BCUT2D eigenvalue weighted by molar-refractivity contribution is 5.93. The molecule has 0 saturated carbocycles. The Kier molecular flexibility index (Phi) is 6.02. The number of urea groups is 1. The summed E-state index contributed by atoms with van der Waals surface area (Å²) in [6.07, 6.45) is 2.22. The zero-order valence-corrected chi connectivity index (χ0v) is 12.4. The van der Waals surface area contributed by atoms with E-state index < -0.39 is 0 Å². The van der Waals surface area contributed by atoms with Crippen molar-refractivity contribution in [1.29, 1.82) is 0 Å². The van der Waals surface area contributed by atoms with Crippen molar-refractivity contribution in [3.05, 3.63) is 12.3 Å². The predicted molar refractivity (Wildman–Crippen MR) is 75.2 cm³/mol. The van der Waals surface area contributed by atoms with E-state index in [9.17, 15) is 9.59 Å². The van der Waals surface area contributed by atoms with E-state index in [1.165, 1.54) is 16.1 Å². The number of hydrogen-bond donors (Lipinski definition) is 1. The summed E-state index contributed by atoms with van der Waals surface area (Å²) in [6.45, 7) is 4.69. The second kappa shape index (κ2) is 7.52. The second-order valence-electron chi connectivity index (χ2n) is 5.21. The van der Waals surface area contributed by atoms with Crippen LogP contribution < -0.4 is 5.32 Å². The number of amides is 3. The van der Waals surface area contributed by atoms with Crippen molar-refractivity contribution in [3.63, 3.8) is 0 Å². The van der Waals surface area contributed by atoms with Gasteiger partial charge in [-0.05, 0) is 12.3 Å². The third kappa shape index (κ3) is 5.29. The van der Waals surface area contributed by atoms with E-state index in [1.54, 1.807) is 20.2 Å². The molecule has 1 aromatic rings. The number of hydrogen-bond acceptors (Lipinski definition) is 4. The summed E-state index contributed by atoms with van der Waals surface area (Å²) in [5.74, 6) is 0.514. The summed E-state index contributed by atoms with van der Waals surface area (Å²) in [7, 11) is 3.33. The van der Waals surface area contributed by atoms with Gasteiger partial charge in [0, 0.05) is 26.7 Å². The lowest BCUT2D eigenvalue weighted by molar-refractivity contribution is -0.116. The molecule has 112 valence electrons. The highest BCUT2D eigenvalue weighted by Gasteiger charge is 2.19. The lowest BCUT2D eigenvalue weighted by Crippen LogP contribution is -2.44. The fourth-order valence-electron chi connectivity index (χ4n) is 1.57. The van der Waals surface area contributed by atoms with Crippen LogP contribution in [0.4, 0.5) is 10.6 Å². The van der Waals surface area contributed by atoms with Gasteiger partial charge in [0.2, 0.25) is 5.91 Å². The van der Waals surface area contributed by atoms with Gasteiger partial charge in [0.15, 0.2) is 5.82 Å². The first-order valence-electron chi connectivity index (χ1n) is 6.56. The van der Waals surface area contributed by atoms with Crippen molar-refractivity contribution in [2.75, 3.05) is 32.5 Å². The van der Waals surface area contributed by atoms with Crippen LogP contribution in [0.1, 0.15) is 20.3 Å². The molecule has 0 aliphatic rings. The molecule has 0 aliphatic heterocycles. The molecule has 0 atom stereocenters. The quantitative estimate of drug-likeness (QED) is 0.860. The minimum atomic E-state index is -0.294. The number of nitrogens with zero attached hydrogens (tertiary/aromatic N) is 3. The van der Waals surface area contributed by atoms with Crippen LogP contribution >= 0.6 is 0 Å². The molecule has 20 heavy (non-hydrogen) atoms. The van der Waals surface area contributed by atoms with E-state index in [2.05, 4.69) is 28.8 Å². The third-order valence-corrected chi connectivity index (χ3v) is 2.67. The van der Waals surface area contributed by atoms with Gasteiger partial charge in [0.25, 0.3) is 0 Å². The molecule has 3 amide bonds. The molecular weight excluding hydrogens is 260 g/mol. The van der Waals surface area contributed by atoms with Crippen LogP contribution in [0.2, 0.25) is 0 Å². The predicted octanol–water partition coefficient (Wildman–Crippen LogP) is 1.64. The van der Waals surface area contributed by atoms with Crippen LogP contribution in [-0.4, -0.2) is 54.1 Å². The first-order chi connectivity index (χ1) is 9.40. The highest BCUT2D eigenvalue weighted by atomic mass is 16.5. The van der Waals surface area contributed by atoms with Crippen LogP contribution in [0, 0.1) is 5.92 Å². The number of carbonyl (C=O) groups excluding carboxylic acids is 2. The fourth-order valence-corrected chi connectivity index (χ4v) is 1.57. The van der Waals surface area contributed by atoms with Crippen LogP contribution in [0.15, 0.2) is 16.9 Å². The molecule has 1 aromatic heterocycles. The molecule has 0 radical (unpaired) electrons. The molecule has 7 nitrogen and oxygen atoms in total. The Balaban J connectivity index is 2.58. The number of nitrogens with one attached hydrogen (secondary N) is 1. The standard InChI is InChI=1S/C13H22N4O3/c1-10(2)5-7-17(13(19)16(3)4)9-12(18)14-11-6-8-20-15-11/h6,8,10H,5,7,9H2,1-4H3,(H,14,15,18). The average Bonchev–Trinajstić information content (AvgIpc) is 2.85. The SMILES string of the molecule is CC(C)CCN(CC(=O)Nc1ccon1)C(=O)N(C)C. The van der Waals surface area contributed by atoms with E-state index in [-0.39, 0.29) is 18.5 Å². The Labute approximate surface area is 118 Å². The Morgan fingerprint density at radius 2 is 2.10 bits per heavy atom. The van der Waals surface area contributed by atoms with Crippen molar-refractivity contribution < 1.29 is 14.1 Å². The van der Waals surface area contributed by atoms with Gasteiger partial charge in [0.05, 0.1) is 0 Å². The molecule has 1 N–H and O–H groups in total. The lowest BCUT2D eigenvalue weighted by Gasteiger charge is -2.26. The number of rotatable bonds is 6. The smallest absolute Gasteiger partial charge is 0.319 e. The molecule has 0 fully saturated rings. The summed E-state index contributed by atoms with van der Waals surface area (Å²) in [5, 5.41) is 6.17. The van der Waals surface area contributed by atoms with Crippen molar-refractivity contribution in [2.45, 2.75) is 20.3 Å². The van der Waals surface area contributed by atoms with Gasteiger partial charge in [-0.25, -0.2) is 4.79 Å². The number of aromatic nitrogens is 1. The van der Waals surface area contributed by atoms with Gasteiger partial charge in [0.1, 0.15) is 12.8 Å². The van der Waals surface area contributed by atoms with E-state index in [4.69, 9.17) is 0 Å². The minimum absolute atomic E-state index is 0.00338. The van der Waals surface area contributed by atoms with Crippen LogP contribution in [0.3, 0.4) is 0 Å². The molecule has 1 rings (SSSR count). The molecule has 1 heterocycles. The first kappa shape index (κ1) is 16.0. The summed E-state index contributed by atoms with van der Waals surface area (Å²) in [6, 6.07) is 1.37. The Hall–Kier alpha value is -2.05. The van der Waals surface area contributed by atoms with Gasteiger partial charge >= 0.3 is 6.03 Å².